The first-order valence-electron chi connectivity index (χ1n) is 16.0. The molecule has 0 aliphatic carbocycles. The van der Waals surface area contributed by atoms with Crippen molar-refractivity contribution in [1.29, 1.82) is 0 Å². The van der Waals surface area contributed by atoms with E-state index in [-0.39, 0.29) is 39.0 Å². The Bertz CT molecular complexity index is 2240. The average molecular weight is 814 g/mol. The van der Waals surface area contributed by atoms with Crippen LogP contribution in [0.1, 0.15) is 63.1 Å². The normalized spacial score (nSPS) is 11.8. The van der Waals surface area contributed by atoms with Crippen LogP contribution in [0.4, 0.5) is 0 Å². The van der Waals surface area contributed by atoms with Crippen molar-refractivity contribution in [3.63, 3.8) is 0 Å². The largest absolute Gasteiger partial charge is 2.00 e. The average Bonchev–Trinajstić information content (AvgIpc) is 3.61. The van der Waals surface area contributed by atoms with Gasteiger partial charge in [-0.25, -0.2) is 4.98 Å². The van der Waals surface area contributed by atoms with Crippen LogP contribution in [-0.2, 0) is 33.1 Å². The Hall–Kier alpha value is -4.51. The fourth-order valence-electron chi connectivity index (χ4n) is 6.22. The van der Waals surface area contributed by atoms with Gasteiger partial charge in [-0.15, -0.1) is 41.3 Å². The van der Waals surface area contributed by atoms with Gasteiger partial charge >= 0.3 is 21.1 Å². The van der Waals surface area contributed by atoms with Crippen molar-refractivity contribution in [2.75, 3.05) is 0 Å². The van der Waals surface area contributed by atoms with Gasteiger partial charge in [0, 0.05) is 34.2 Å². The van der Waals surface area contributed by atoms with Crippen LogP contribution in [0.15, 0.2) is 97.2 Å². The van der Waals surface area contributed by atoms with Crippen molar-refractivity contribution < 1.29 is 30.9 Å². The van der Waals surface area contributed by atoms with Crippen LogP contribution in [0.25, 0.3) is 44.4 Å². The van der Waals surface area contributed by atoms with Crippen LogP contribution in [0.2, 0.25) is 0 Å². The second-order valence-corrected chi connectivity index (χ2v) is 13.4. The van der Waals surface area contributed by atoms with E-state index in [1.165, 1.54) is 0 Å². The summed E-state index contributed by atoms with van der Waals surface area (Å²) in [6.45, 7) is 12.6. The van der Waals surface area contributed by atoms with E-state index in [1.807, 2.05) is 53.3 Å². The molecule has 0 bridgehead atoms. The van der Waals surface area contributed by atoms with Crippen molar-refractivity contribution in [3.05, 3.63) is 132 Å². The molecule has 0 amide bonds. The number of pyridine rings is 1. The fraction of sp³-hybridized carbons (Fsp3) is 0.220. The summed E-state index contributed by atoms with van der Waals surface area (Å²) >= 11 is 0. The van der Waals surface area contributed by atoms with Gasteiger partial charge < -0.3 is 14.4 Å². The van der Waals surface area contributed by atoms with Crippen molar-refractivity contribution in [2.24, 2.45) is 0 Å². The molecule has 7 rings (SSSR count). The topological polar surface area (TPSA) is 65.1 Å². The molecule has 0 radical (unpaired) electrons. The summed E-state index contributed by atoms with van der Waals surface area (Å²) in [7, 11) is 0. The van der Waals surface area contributed by atoms with E-state index < -0.39 is 0 Å². The summed E-state index contributed by atoms with van der Waals surface area (Å²) in [6.07, 6.45) is 1.84. The van der Waals surface area contributed by atoms with Crippen molar-refractivity contribution >= 4 is 21.8 Å². The maximum atomic E-state index is 10.8. The Morgan fingerprint density at radius 3 is 2.31 bits per heavy atom. The fourth-order valence-corrected chi connectivity index (χ4v) is 6.22. The summed E-state index contributed by atoms with van der Waals surface area (Å²) in [5.74, 6) is 2.17. The smallest absolute Gasteiger partial charge is 0.509 e. The van der Waals surface area contributed by atoms with E-state index in [2.05, 4.69) is 107 Å². The summed E-state index contributed by atoms with van der Waals surface area (Å²) in [5, 5.41) is 18.1. The minimum absolute atomic E-state index is 0. The quantitative estimate of drug-likeness (QED) is 0.163. The molecule has 0 saturated heterocycles. The minimum atomic E-state index is -0.260. The second-order valence-electron chi connectivity index (χ2n) is 13.4. The predicted octanol–water partition coefficient (Wildman–Crippen LogP) is 9.64. The van der Waals surface area contributed by atoms with Gasteiger partial charge in [-0.3, -0.25) is 4.68 Å². The molecule has 0 atom stereocenters. The third-order valence-electron chi connectivity index (χ3n) is 8.56. The van der Waals surface area contributed by atoms with Crippen LogP contribution in [0.5, 0.6) is 11.5 Å². The number of hydrogen-bond acceptors (Lipinski definition) is 4. The van der Waals surface area contributed by atoms with Gasteiger partial charge in [0.2, 0.25) is 0 Å². The van der Waals surface area contributed by atoms with E-state index >= 15 is 0 Å². The van der Waals surface area contributed by atoms with Crippen LogP contribution >= 0.6 is 0 Å². The summed E-state index contributed by atoms with van der Waals surface area (Å²) in [5.41, 5.74) is 8.20. The molecule has 48 heavy (non-hydrogen) atoms. The summed E-state index contributed by atoms with van der Waals surface area (Å²) < 4.78 is 10.5. The van der Waals surface area contributed by atoms with Crippen LogP contribution in [0, 0.1) is 19.1 Å². The molecule has 0 aliphatic heterocycles. The monoisotopic (exact) mass is 813 g/mol. The molecule has 0 aliphatic rings. The first-order chi connectivity index (χ1) is 22.6. The number of aromatic nitrogens is 4. The van der Waals surface area contributed by atoms with Gasteiger partial charge in [0.05, 0.1) is 18.0 Å². The number of fused-ring (bicyclic) bond motifs is 3. The zero-order chi connectivity index (χ0) is 32.9. The van der Waals surface area contributed by atoms with E-state index in [0.29, 0.717) is 22.9 Å². The third-order valence-corrected chi connectivity index (χ3v) is 8.56. The Morgan fingerprint density at radius 1 is 0.854 bits per heavy atom. The van der Waals surface area contributed by atoms with E-state index in [0.717, 1.165) is 55.6 Å². The van der Waals surface area contributed by atoms with Crippen LogP contribution in [-0.4, -0.2) is 24.4 Å². The number of ether oxygens (including phenoxy) is 1. The Balaban J connectivity index is 0.00000401. The molecule has 3 heterocycles. The number of hydrogen-bond donors (Lipinski definition) is 1. The molecule has 0 spiro atoms. The van der Waals surface area contributed by atoms with Crippen LogP contribution < -0.4 is 4.74 Å². The van der Waals surface area contributed by atoms with Crippen LogP contribution in [0.3, 0.4) is 0 Å². The first-order valence-corrected chi connectivity index (χ1v) is 16.0. The summed E-state index contributed by atoms with van der Waals surface area (Å²) in [6, 6.07) is 37.8. The zero-order valence-corrected chi connectivity index (χ0v) is 30.3. The number of rotatable bonds is 7. The maximum absolute atomic E-state index is 10.8. The molecule has 0 fully saturated rings. The molecule has 0 unspecified atom stereocenters. The van der Waals surface area contributed by atoms with Gasteiger partial charge in [-0.1, -0.05) is 88.7 Å². The third kappa shape index (κ3) is 6.11. The molecule has 244 valence electrons. The standard InChI is InChI=1S/C41H38N4O2.Pt/c1-26(2)29-21-30(45-37(25-46)39(28-12-8-7-9-13-28)40(43-45)41(4,5)6)23-32(22-29)47-31-16-17-34-33-14-10-11-15-35(33)44(36(34)24-31)38-20-27(3)18-19-42-38;/h7-22,26,46H,25H2,1-6H3;/q-2;+2. The molecule has 7 aromatic rings. The SMILES string of the molecule is Cc1ccnc(-n2c3[c-]c(Oc4[c-]c(-n5nc(C(C)(C)C)c(-c6ccccc6)c5CO)cc(C(C)C)c4)ccc3c3ccccc32)c1.[Pt+2]. The second kappa shape index (κ2) is 13.2. The number of benzene rings is 4. The molecular weight excluding hydrogens is 776 g/mol. The van der Waals surface area contributed by atoms with Gasteiger partial charge in [0.25, 0.3) is 0 Å². The van der Waals surface area contributed by atoms with Gasteiger partial charge in [0.1, 0.15) is 5.82 Å². The van der Waals surface area contributed by atoms with Gasteiger partial charge in [0.15, 0.2) is 0 Å². The molecule has 1 N–H and O–H groups in total. The van der Waals surface area contributed by atoms with E-state index in [9.17, 15) is 5.11 Å². The van der Waals surface area contributed by atoms with Crippen molar-refractivity contribution in [2.45, 2.75) is 59.5 Å². The molecule has 0 saturated carbocycles. The van der Waals surface area contributed by atoms with E-state index in [1.54, 1.807) is 0 Å². The Labute approximate surface area is 296 Å². The first kappa shape index (κ1) is 33.4. The molecule has 4 aromatic carbocycles. The minimum Gasteiger partial charge on any atom is -0.509 e. The molecular formula is C41H38N4O2Pt. The van der Waals surface area contributed by atoms with Gasteiger partial charge in [-0.2, -0.15) is 11.2 Å². The maximum Gasteiger partial charge on any atom is 2.00 e. The number of aliphatic hydroxyl groups excluding tert-OH is 1. The molecule has 3 aromatic heterocycles. The van der Waals surface area contributed by atoms with Crippen molar-refractivity contribution in [1.82, 2.24) is 19.3 Å². The van der Waals surface area contributed by atoms with Crippen molar-refractivity contribution in [3.8, 4) is 34.1 Å². The van der Waals surface area contributed by atoms with Gasteiger partial charge in [-0.05, 0) is 53.2 Å². The molecule has 6 nitrogen and oxygen atoms in total. The number of para-hydroxylation sites is 1. The molecule has 7 heteroatoms. The number of nitrogens with zero attached hydrogens (tertiary/aromatic N) is 4. The zero-order valence-electron chi connectivity index (χ0n) is 28.0. The van der Waals surface area contributed by atoms with E-state index in [4.69, 9.17) is 14.8 Å². The summed E-state index contributed by atoms with van der Waals surface area (Å²) in [4.78, 5) is 4.70. The number of aliphatic hydroxyl groups is 1. The number of aryl methyl sites for hydroxylation is 1. The Morgan fingerprint density at radius 2 is 1.60 bits per heavy atom. The predicted molar refractivity (Wildman–Crippen MR) is 189 cm³/mol. The Kier molecular flexibility index (Phi) is 9.17.